The van der Waals surface area contributed by atoms with Crippen LogP contribution in [0.15, 0.2) is 47.6 Å². The highest BCUT2D eigenvalue weighted by Crippen LogP contribution is 2.18. The summed E-state index contributed by atoms with van der Waals surface area (Å²) >= 11 is 1.24. The number of carbonyl (C=O) groups is 2. The largest absolute Gasteiger partial charge is 0.494 e. The molecule has 0 radical (unpaired) electrons. The molecule has 0 atom stereocenters. The van der Waals surface area contributed by atoms with Gasteiger partial charge in [-0.3, -0.25) is 4.79 Å². The standard InChI is InChI=1S/C18H20N2O4S/c1-2-3-10-24-15-7-5-14(6-8-15)20-16(21)12-25-17-9-4-13(11-19-17)18(22)23/h4-9,11H,2-3,10,12H2,1H3,(H,20,21)(H,22,23). The van der Waals surface area contributed by atoms with E-state index in [2.05, 4.69) is 17.2 Å². The quantitative estimate of drug-likeness (QED) is 0.524. The molecule has 132 valence electrons. The minimum absolute atomic E-state index is 0.120. The molecule has 6 nitrogen and oxygen atoms in total. The Kier molecular flexibility index (Phi) is 7.28. The lowest BCUT2D eigenvalue weighted by atomic mass is 10.3. The van der Waals surface area contributed by atoms with Crippen molar-refractivity contribution in [1.82, 2.24) is 4.98 Å². The highest BCUT2D eigenvalue weighted by atomic mass is 32.2. The summed E-state index contributed by atoms with van der Waals surface area (Å²) in [5, 5.41) is 12.2. The molecule has 0 aliphatic rings. The van der Waals surface area contributed by atoms with Crippen molar-refractivity contribution in [3.8, 4) is 5.75 Å². The van der Waals surface area contributed by atoms with E-state index in [4.69, 9.17) is 9.84 Å². The van der Waals surface area contributed by atoms with Gasteiger partial charge in [-0.05, 0) is 42.8 Å². The number of pyridine rings is 1. The van der Waals surface area contributed by atoms with Crippen LogP contribution in [-0.2, 0) is 4.79 Å². The lowest BCUT2D eigenvalue weighted by Crippen LogP contribution is -2.14. The molecule has 0 fully saturated rings. The van der Waals surface area contributed by atoms with Crippen molar-refractivity contribution in [2.24, 2.45) is 0 Å². The number of hydrogen-bond donors (Lipinski definition) is 2. The fourth-order valence-corrected chi connectivity index (χ4v) is 2.54. The minimum atomic E-state index is -1.02. The maximum absolute atomic E-state index is 12.0. The SMILES string of the molecule is CCCCOc1ccc(NC(=O)CSc2ccc(C(=O)O)cn2)cc1. The van der Waals surface area contributed by atoms with Gasteiger partial charge in [-0.15, -0.1) is 0 Å². The summed E-state index contributed by atoms with van der Waals surface area (Å²) < 4.78 is 5.57. The van der Waals surface area contributed by atoms with Crippen LogP contribution in [0, 0.1) is 0 Å². The van der Waals surface area contributed by atoms with Crippen LogP contribution in [-0.4, -0.2) is 34.3 Å². The summed E-state index contributed by atoms with van der Waals surface area (Å²) in [4.78, 5) is 26.7. The van der Waals surface area contributed by atoms with Crippen molar-refractivity contribution in [3.05, 3.63) is 48.2 Å². The second-order valence-corrected chi connectivity index (χ2v) is 6.25. The van der Waals surface area contributed by atoms with Crippen molar-refractivity contribution in [2.45, 2.75) is 24.8 Å². The Bertz CT molecular complexity index is 702. The van der Waals surface area contributed by atoms with Gasteiger partial charge in [-0.2, -0.15) is 0 Å². The van der Waals surface area contributed by atoms with Gasteiger partial charge in [0.1, 0.15) is 5.75 Å². The van der Waals surface area contributed by atoms with Crippen LogP contribution in [0.2, 0.25) is 0 Å². The molecular weight excluding hydrogens is 340 g/mol. The van der Waals surface area contributed by atoms with Gasteiger partial charge in [0.2, 0.25) is 5.91 Å². The molecule has 1 aromatic heterocycles. The number of aromatic nitrogens is 1. The predicted octanol–water partition coefficient (Wildman–Crippen LogP) is 3.69. The summed E-state index contributed by atoms with van der Waals surface area (Å²) in [5.41, 5.74) is 0.817. The molecule has 0 aliphatic heterocycles. The number of unbranched alkanes of at least 4 members (excludes halogenated alkanes) is 1. The van der Waals surface area contributed by atoms with Gasteiger partial charge in [0, 0.05) is 11.9 Å². The number of hydrogen-bond acceptors (Lipinski definition) is 5. The van der Waals surface area contributed by atoms with E-state index in [0.29, 0.717) is 17.3 Å². The van der Waals surface area contributed by atoms with Gasteiger partial charge in [-0.25, -0.2) is 9.78 Å². The van der Waals surface area contributed by atoms with Crippen molar-refractivity contribution >= 4 is 29.3 Å². The second-order valence-electron chi connectivity index (χ2n) is 5.25. The summed E-state index contributed by atoms with van der Waals surface area (Å²) in [6.45, 7) is 2.79. The minimum Gasteiger partial charge on any atom is -0.494 e. The molecule has 25 heavy (non-hydrogen) atoms. The predicted molar refractivity (Wildman–Crippen MR) is 97.4 cm³/mol. The van der Waals surface area contributed by atoms with E-state index in [0.717, 1.165) is 18.6 Å². The van der Waals surface area contributed by atoms with Crippen LogP contribution in [0.1, 0.15) is 30.1 Å². The summed E-state index contributed by atoms with van der Waals surface area (Å²) in [5.74, 6) is -0.213. The van der Waals surface area contributed by atoms with Crippen LogP contribution >= 0.6 is 11.8 Å². The number of carboxylic acid groups (broad SMARTS) is 1. The van der Waals surface area contributed by atoms with Crippen molar-refractivity contribution in [2.75, 3.05) is 17.7 Å². The molecule has 2 N–H and O–H groups in total. The third-order valence-electron chi connectivity index (χ3n) is 3.24. The van der Waals surface area contributed by atoms with E-state index in [-0.39, 0.29) is 17.2 Å². The normalized spacial score (nSPS) is 10.3. The molecule has 2 aromatic rings. The lowest BCUT2D eigenvalue weighted by molar-refractivity contribution is -0.113. The number of nitrogens with zero attached hydrogens (tertiary/aromatic N) is 1. The lowest BCUT2D eigenvalue weighted by Gasteiger charge is -2.08. The Balaban J connectivity index is 1.78. The third-order valence-corrected chi connectivity index (χ3v) is 4.18. The Morgan fingerprint density at radius 1 is 1.20 bits per heavy atom. The Morgan fingerprint density at radius 3 is 2.56 bits per heavy atom. The molecule has 1 heterocycles. The third kappa shape index (κ3) is 6.46. The maximum Gasteiger partial charge on any atom is 0.337 e. The zero-order valence-electron chi connectivity index (χ0n) is 13.9. The molecule has 0 bridgehead atoms. The summed E-state index contributed by atoms with van der Waals surface area (Å²) in [6, 6.07) is 10.3. The average Bonchev–Trinajstić information content (AvgIpc) is 2.62. The number of amides is 1. The molecule has 0 spiro atoms. The molecule has 1 aromatic carbocycles. The molecule has 0 unspecified atom stereocenters. The number of rotatable bonds is 9. The molecular formula is C18H20N2O4S. The van der Waals surface area contributed by atoms with E-state index in [9.17, 15) is 9.59 Å². The molecule has 7 heteroatoms. The number of carboxylic acids is 1. The molecule has 0 aliphatic carbocycles. The first kappa shape index (κ1) is 18.8. The monoisotopic (exact) mass is 360 g/mol. The zero-order chi connectivity index (χ0) is 18.1. The first-order valence-corrected chi connectivity index (χ1v) is 8.92. The van der Waals surface area contributed by atoms with Crippen molar-refractivity contribution in [1.29, 1.82) is 0 Å². The highest BCUT2D eigenvalue weighted by molar-refractivity contribution is 7.99. The molecule has 0 saturated heterocycles. The summed E-state index contributed by atoms with van der Waals surface area (Å²) in [7, 11) is 0. The van der Waals surface area contributed by atoms with E-state index in [1.54, 1.807) is 18.2 Å². The van der Waals surface area contributed by atoms with E-state index < -0.39 is 5.97 Å². The van der Waals surface area contributed by atoms with Crippen LogP contribution in [0.5, 0.6) is 5.75 Å². The Morgan fingerprint density at radius 2 is 1.96 bits per heavy atom. The number of aromatic carboxylic acids is 1. The Labute approximate surface area is 150 Å². The fourth-order valence-electron chi connectivity index (χ4n) is 1.90. The Hall–Kier alpha value is -2.54. The molecule has 0 saturated carbocycles. The highest BCUT2D eigenvalue weighted by Gasteiger charge is 2.07. The van der Waals surface area contributed by atoms with Gasteiger partial charge in [0.05, 0.1) is 22.9 Å². The molecule has 2 rings (SSSR count). The number of thioether (sulfide) groups is 1. The maximum atomic E-state index is 12.0. The number of ether oxygens (including phenoxy) is 1. The first-order valence-electron chi connectivity index (χ1n) is 7.93. The second kappa shape index (κ2) is 9.68. The van der Waals surface area contributed by atoms with Crippen molar-refractivity contribution in [3.63, 3.8) is 0 Å². The topological polar surface area (TPSA) is 88.5 Å². The number of anilines is 1. The smallest absolute Gasteiger partial charge is 0.337 e. The average molecular weight is 360 g/mol. The van der Waals surface area contributed by atoms with Gasteiger partial charge in [0.25, 0.3) is 0 Å². The van der Waals surface area contributed by atoms with Gasteiger partial charge in [0.15, 0.2) is 0 Å². The van der Waals surface area contributed by atoms with Gasteiger partial charge < -0.3 is 15.2 Å². The summed E-state index contributed by atoms with van der Waals surface area (Å²) in [6.07, 6.45) is 3.37. The fraction of sp³-hybridized carbons (Fsp3) is 0.278. The van der Waals surface area contributed by atoms with Gasteiger partial charge in [-0.1, -0.05) is 25.1 Å². The van der Waals surface area contributed by atoms with Crippen LogP contribution in [0.4, 0.5) is 5.69 Å². The zero-order valence-corrected chi connectivity index (χ0v) is 14.7. The van der Waals surface area contributed by atoms with Gasteiger partial charge >= 0.3 is 5.97 Å². The van der Waals surface area contributed by atoms with Crippen molar-refractivity contribution < 1.29 is 19.4 Å². The van der Waals surface area contributed by atoms with E-state index in [1.807, 2.05) is 12.1 Å². The van der Waals surface area contributed by atoms with E-state index >= 15 is 0 Å². The molecule has 1 amide bonds. The number of carbonyl (C=O) groups excluding carboxylic acids is 1. The number of benzene rings is 1. The van der Waals surface area contributed by atoms with Crippen LogP contribution < -0.4 is 10.1 Å². The van der Waals surface area contributed by atoms with E-state index in [1.165, 1.54) is 24.0 Å². The van der Waals surface area contributed by atoms with Crippen LogP contribution in [0.3, 0.4) is 0 Å². The first-order chi connectivity index (χ1) is 12.1. The number of nitrogens with one attached hydrogen (secondary N) is 1. The van der Waals surface area contributed by atoms with Crippen LogP contribution in [0.25, 0.3) is 0 Å².